The maximum Gasteiger partial charge on any atom is 0.345 e. The van der Waals surface area contributed by atoms with E-state index in [-0.39, 0.29) is 17.8 Å². The van der Waals surface area contributed by atoms with Crippen molar-refractivity contribution in [2.45, 2.75) is 32.2 Å². The van der Waals surface area contributed by atoms with Crippen molar-refractivity contribution in [1.29, 1.82) is 0 Å². The van der Waals surface area contributed by atoms with Crippen LogP contribution in [-0.4, -0.2) is 44.9 Å². The molecule has 1 aromatic heterocycles. The van der Waals surface area contributed by atoms with Gasteiger partial charge in [0.05, 0.1) is 0 Å². The summed E-state index contributed by atoms with van der Waals surface area (Å²) < 4.78 is 3.13. The molecule has 0 atom stereocenters. The van der Waals surface area contributed by atoms with Gasteiger partial charge in [-0.25, -0.2) is 14.3 Å². The molecule has 0 unspecified atom stereocenters. The number of rotatable bonds is 4. The van der Waals surface area contributed by atoms with E-state index in [9.17, 15) is 9.59 Å². The lowest BCUT2D eigenvalue weighted by molar-refractivity contribution is 0.170. The van der Waals surface area contributed by atoms with Gasteiger partial charge in [0.15, 0.2) is 0 Å². The lowest BCUT2D eigenvalue weighted by Crippen LogP contribution is -2.46. The van der Waals surface area contributed by atoms with Gasteiger partial charge in [-0.1, -0.05) is 30.3 Å². The van der Waals surface area contributed by atoms with Gasteiger partial charge in [0, 0.05) is 32.7 Å². The molecule has 1 aliphatic heterocycles. The molecule has 1 saturated heterocycles. The van der Waals surface area contributed by atoms with E-state index in [1.165, 1.54) is 10.2 Å². The highest BCUT2D eigenvalue weighted by atomic mass is 16.2. The summed E-state index contributed by atoms with van der Waals surface area (Å²) in [6.07, 6.45) is 2.38. The van der Waals surface area contributed by atoms with E-state index in [4.69, 9.17) is 0 Å². The number of aryl methyl sites for hydroxylation is 2. The van der Waals surface area contributed by atoms with Crippen LogP contribution >= 0.6 is 0 Å². The number of benzene rings is 1. The molecule has 0 radical (unpaired) electrons. The summed E-state index contributed by atoms with van der Waals surface area (Å²) >= 11 is 0. The molecule has 0 saturated carbocycles. The number of piperidine rings is 1. The van der Waals surface area contributed by atoms with Gasteiger partial charge in [-0.3, -0.25) is 4.57 Å². The van der Waals surface area contributed by atoms with Crippen LogP contribution in [0.1, 0.15) is 30.3 Å². The number of aromatic nitrogens is 3. The van der Waals surface area contributed by atoms with Crippen molar-refractivity contribution in [1.82, 2.24) is 24.6 Å². The van der Waals surface area contributed by atoms with E-state index >= 15 is 0 Å². The number of amides is 2. The Kier molecular flexibility index (Phi) is 5.21. The zero-order chi connectivity index (χ0) is 17.8. The van der Waals surface area contributed by atoms with E-state index in [0.717, 1.165) is 25.1 Å². The topological polar surface area (TPSA) is 72.2 Å². The molecule has 2 aromatic rings. The smallest absolute Gasteiger partial charge is 0.338 e. The lowest BCUT2D eigenvalue weighted by Gasteiger charge is -2.32. The van der Waals surface area contributed by atoms with Gasteiger partial charge in [-0.05, 0) is 31.7 Å². The first-order valence-corrected chi connectivity index (χ1v) is 8.75. The zero-order valence-corrected chi connectivity index (χ0v) is 14.8. The number of urea groups is 1. The third kappa shape index (κ3) is 3.92. The van der Waals surface area contributed by atoms with Gasteiger partial charge in [0.1, 0.15) is 5.82 Å². The Labute approximate surface area is 147 Å². The first kappa shape index (κ1) is 17.3. The maximum atomic E-state index is 12.3. The van der Waals surface area contributed by atoms with Crippen LogP contribution in [0.15, 0.2) is 35.1 Å². The second-order valence-corrected chi connectivity index (χ2v) is 6.51. The standard InChI is InChI=1S/C18H25N5O2/c1-14-20-21(2)18(25)23(14)16-9-12-22(13-10-16)17(24)19-11-8-15-6-4-3-5-7-15/h3-7,16H,8-13H2,1-2H3,(H,19,24). The predicted octanol–water partition coefficient (Wildman–Crippen LogP) is 1.48. The van der Waals surface area contributed by atoms with Gasteiger partial charge >= 0.3 is 11.7 Å². The summed E-state index contributed by atoms with van der Waals surface area (Å²) in [5.41, 5.74) is 1.14. The average Bonchev–Trinajstić information content (AvgIpc) is 2.88. The number of hydrogen-bond acceptors (Lipinski definition) is 3. The lowest BCUT2D eigenvalue weighted by atomic mass is 10.1. The van der Waals surface area contributed by atoms with Crippen LogP contribution in [0.2, 0.25) is 0 Å². The van der Waals surface area contributed by atoms with Gasteiger partial charge in [0.25, 0.3) is 0 Å². The highest BCUT2D eigenvalue weighted by Gasteiger charge is 2.26. The third-order valence-corrected chi connectivity index (χ3v) is 4.78. The van der Waals surface area contributed by atoms with Crippen LogP contribution in [0, 0.1) is 6.92 Å². The maximum absolute atomic E-state index is 12.3. The largest absolute Gasteiger partial charge is 0.345 e. The molecule has 3 rings (SSSR count). The molecule has 7 nitrogen and oxygen atoms in total. The fourth-order valence-corrected chi connectivity index (χ4v) is 3.42. The van der Waals surface area contributed by atoms with E-state index in [1.807, 2.05) is 30.0 Å². The Hall–Kier alpha value is -2.57. The fourth-order valence-electron chi connectivity index (χ4n) is 3.42. The second-order valence-electron chi connectivity index (χ2n) is 6.51. The number of hydrogen-bond donors (Lipinski definition) is 1. The Morgan fingerprint density at radius 2 is 1.92 bits per heavy atom. The van der Waals surface area contributed by atoms with Crippen LogP contribution in [0.5, 0.6) is 0 Å². The molecular formula is C18H25N5O2. The highest BCUT2D eigenvalue weighted by molar-refractivity contribution is 5.74. The molecule has 25 heavy (non-hydrogen) atoms. The van der Waals surface area contributed by atoms with Crippen LogP contribution in [-0.2, 0) is 13.5 Å². The Bertz CT molecular complexity index is 773. The highest BCUT2D eigenvalue weighted by Crippen LogP contribution is 2.21. The summed E-state index contributed by atoms with van der Waals surface area (Å²) in [5, 5.41) is 7.17. The molecule has 2 heterocycles. The quantitative estimate of drug-likeness (QED) is 0.914. The first-order chi connectivity index (χ1) is 12.1. The normalized spacial score (nSPS) is 15.4. The number of nitrogens with one attached hydrogen (secondary N) is 1. The van der Waals surface area contributed by atoms with E-state index in [2.05, 4.69) is 22.5 Å². The number of carbonyl (C=O) groups is 1. The second kappa shape index (κ2) is 7.55. The SMILES string of the molecule is Cc1nn(C)c(=O)n1C1CCN(C(=O)NCCc2ccccc2)CC1. The van der Waals surface area contributed by atoms with Crippen molar-refractivity contribution in [2.75, 3.05) is 19.6 Å². The minimum absolute atomic E-state index is 0.0235. The first-order valence-electron chi connectivity index (χ1n) is 8.75. The Morgan fingerprint density at radius 1 is 1.24 bits per heavy atom. The van der Waals surface area contributed by atoms with E-state index in [0.29, 0.717) is 19.6 Å². The van der Waals surface area contributed by atoms with Gasteiger partial charge in [-0.2, -0.15) is 5.10 Å². The van der Waals surface area contributed by atoms with Crippen molar-refractivity contribution in [3.63, 3.8) is 0 Å². The van der Waals surface area contributed by atoms with Crippen molar-refractivity contribution >= 4 is 6.03 Å². The van der Waals surface area contributed by atoms with Crippen molar-refractivity contribution in [3.8, 4) is 0 Å². The summed E-state index contributed by atoms with van der Waals surface area (Å²) in [4.78, 5) is 26.3. The van der Waals surface area contributed by atoms with Gasteiger partial charge in [-0.15, -0.1) is 0 Å². The summed E-state index contributed by atoms with van der Waals surface area (Å²) in [7, 11) is 1.67. The minimum atomic E-state index is -0.0803. The van der Waals surface area contributed by atoms with Crippen LogP contribution in [0.25, 0.3) is 0 Å². The summed E-state index contributed by atoms with van der Waals surface area (Å²) in [6.45, 7) is 3.79. The molecular weight excluding hydrogens is 318 g/mol. The van der Waals surface area contributed by atoms with Crippen LogP contribution in [0.4, 0.5) is 4.79 Å². The van der Waals surface area contributed by atoms with E-state index < -0.39 is 0 Å². The molecule has 0 bridgehead atoms. The monoisotopic (exact) mass is 343 g/mol. The number of likely N-dealkylation sites (tertiary alicyclic amines) is 1. The van der Waals surface area contributed by atoms with Crippen molar-refractivity contribution < 1.29 is 4.79 Å². The van der Waals surface area contributed by atoms with Crippen molar-refractivity contribution in [2.24, 2.45) is 7.05 Å². The predicted molar refractivity (Wildman–Crippen MR) is 95.6 cm³/mol. The number of carbonyl (C=O) groups excluding carboxylic acids is 1. The number of nitrogens with zero attached hydrogens (tertiary/aromatic N) is 4. The molecule has 1 aliphatic rings. The molecule has 0 spiro atoms. The fraction of sp³-hybridized carbons (Fsp3) is 0.500. The molecule has 7 heteroatoms. The van der Waals surface area contributed by atoms with Gasteiger partial charge < -0.3 is 10.2 Å². The molecule has 2 amide bonds. The molecule has 1 aromatic carbocycles. The summed E-state index contributed by atoms with van der Waals surface area (Å²) in [6, 6.07) is 10.2. The average molecular weight is 343 g/mol. The molecule has 0 aliphatic carbocycles. The molecule has 1 fully saturated rings. The zero-order valence-electron chi connectivity index (χ0n) is 14.8. The third-order valence-electron chi connectivity index (χ3n) is 4.78. The van der Waals surface area contributed by atoms with Gasteiger partial charge in [0.2, 0.25) is 0 Å². The van der Waals surface area contributed by atoms with Crippen molar-refractivity contribution in [3.05, 3.63) is 52.2 Å². The van der Waals surface area contributed by atoms with Crippen LogP contribution < -0.4 is 11.0 Å². The molecule has 1 N–H and O–H groups in total. The Balaban J connectivity index is 1.48. The van der Waals surface area contributed by atoms with Crippen LogP contribution in [0.3, 0.4) is 0 Å². The molecule has 134 valence electrons. The minimum Gasteiger partial charge on any atom is -0.338 e. The summed E-state index contributed by atoms with van der Waals surface area (Å²) in [5.74, 6) is 0.735. The van der Waals surface area contributed by atoms with E-state index in [1.54, 1.807) is 11.6 Å². The Morgan fingerprint density at radius 3 is 2.52 bits per heavy atom.